The van der Waals surface area contributed by atoms with Crippen LogP contribution in [0.1, 0.15) is 18.0 Å². The number of hydrogen-bond donors (Lipinski definition) is 1. The lowest BCUT2D eigenvalue weighted by Crippen LogP contribution is -2.34. The monoisotopic (exact) mass is 245 g/mol. The highest BCUT2D eigenvalue weighted by atomic mass is 79.9. The zero-order chi connectivity index (χ0) is 8.55. The van der Waals surface area contributed by atoms with Gasteiger partial charge in [0.15, 0.2) is 0 Å². The van der Waals surface area contributed by atoms with Crippen molar-refractivity contribution in [2.24, 2.45) is 0 Å². The normalized spacial score (nSPS) is 22.0. The van der Waals surface area contributed by atoms with E-state index in [1.165, 1.54) is 12.0 Å². The third kappa shape index (κ3) is 1.51. The fourth-order valence-electron chi connectivity index (χ4n) is 1.30. The predicted octanol–water partition coefficient (Wildman–Crippen LogP) is 3.14. The average Bonchev–Trinajstić information content (AvgIpc) is 1.93. The number of hydrogen-bond acceptors (Lipinski definition) is 1. The van der Waals surface area contributed by atoms with Crippen molar-refractivity contribution in [2.45, 2.75) is 12.5 Å². The maximum Gasteiger partial charge on any atom is 0.0551 e. The lowest BCUT2D eigenvalue weighted by molar-refractivity contribution is 0.383. The molecule has 1 aliphatic heterocycles. The van der Waals surface area contributed by atoms with Gasteiger partial charge < -0.3 is 5.32 Å². The SMILES string of the molecule is Clc1cc([C@H]2CCN2)ccc1Br. The van der Waals surface area contributed by atoms with Crippen LogP contribution in [-0.2, 0) is 0 Å². The number of nitrogens with one attached hydrogen (secondary N) is 1. The highest BCUT2D eigenvalue weighted by Gasteiger charge is 2.18. The topological polar surface area (TPSA) is 12.0 Å². The minimum Gasteiger partial charge on any atom is -0.310 e. The van der Waals surface area contributed by atoms with Gasteiger partial charge in [-0.3, -0.25) is 0 Å². The second-order valence-electron chi connectivity index (χ2n) is 2.97. The summed E-state index contributed by atoms with van der Waals surface area (Å²) in [4.78, 5) is 0. The van der Waals surface area contributed by atoms with Gasteiger partial charge in [0.25, 0.3) is 0 Å². The molecule has 1 nitrogen and oxygen atoms in total. The Morgan fingerprint density at radius 2 is 2.25 bits per heavy atom. The lowest BCUT2D eigenvalue weighted by Gasteiger charge is -2.28. The predicted molar refractivity (Wildman–Crippen MR) is 54.5 cm³/mol. The van der Waals surface area contributed by atoms with E-state index in [9.17, 15) is 0 Å². The molecule has 1 saturated heterocycles. The zero-order valence-electron chi connectivity index (χ0n) is 6.48. The van der Waals surface area contributed by atoms with E-state index < -0.39 is 0 Å². The molecule has 0 radical (unpaired) electrons. The van der Waals surface area contributed by atoms with Crippen molar-refractivity contribution in [3.8, 4) is 0 Å². The van der Waals surface area contributed by atoms with E-state index in [4.69, 9.17) is 11.6 Å². The first-order valence-corrected chi connectivity index (χ1v) is 5.13. The van der Waals surface area contributed by atoms with Crippen LogP contribution in [-0.4, -0.2) is 6.54 Å². The molecule has 1 aliphatic rings. The molecule has 2 rings (SSSR count). The highest BCUT2D eigenvalue weighted by molar-refractivity contribution is 9.10. The van der Waals surface area contributed by atoms with E-state index in [1.54, 1.807) is 0 Å². The molecule has 0 unspecified atom stereocenters. The van der Waals surface area contributed by atoms with Gasteiger partial charge in [-0.1, -0.05) is 17.7 Å². The second-order valence-corrected chi connectivity index (χ2v) is 4.23. The fraction of sp³-hybridized carbons (Fsp3) is 0.333. The molecule has 0 aromatic heterocycles. The summed E-state index contributed by atoms with van der Waals surface area (Å²) in [6.45, 7) is 1.12. The van der Waals surface area contributed by atoms with Gasteiger partial charge in [-0.05, 0) is 46.6 Å². The molecular weight excluding hydrogens is 237 g/mol. The smallest absolute Gasteiger partial charge is 0.0551 e. The van der Waals surface area contributed by atoms with Crippen LogP contribution < -0.4 is 5.32 Å². The van der Waals surface area contributed by atoms with E-state index in [-0.39, 0.29) is 0 Å². The first-order chi connectivity index (χ1) is 5.77. The molecule has 64 valence electrons. The molecule has 1 atom stereocenters. The molecule has 0 amide bonds. The van der Waals surface area contributed by atoms with Crippen molar-refractivity contribution in [1.82, 2.24) is 5.32 Å². The molecule has 12 heavy (non-hydrogen) atoms. The van der Waals surface area contributed by atoms with Crippen LogP contribution in [0.4, 0.5) is 0 Å². The minimum absolute atomic E-state index is 0.524. The van der Waals surface area contributed by atoms with Crippen LogP contribution in [0.2, 0.25) is 5.02 Å². The molecule has 1 aromatic rings. The van der Waals surface area contributed by atoms with E-state index in [0.717, 1.165) is 16.0 Å². The summed E-state index contributed by atoms with van der Waals surface area (Å²) < 4.78 is 0.965. The Morgan fingerprint density at radius 1 is 1.50 bits per heavy atom. The van der Waals surface area contributed by atoms with Crippen LogP contribution in [0.5, 0.6) is 0 Å². The van der Waals surface area contributed by atoms with Gasteiger partial charge in [0, 0.05) is 10.5 Å². The van der Waals surface area contributed by atoms with Crippen LogP contribution in [0.15, 0.2) is 22.7 Å². The first kappa shape index (κ1) is 8.54. The molecule has 1 aromatic carbocycles. The molecule has 1 fully saturated rings. The van der Waals surface area contributed by atoms with Gasteiger partial charge in [-0.15, -0.1) is 0 Å². The van der Waals surface area contributed by atoms with Crippen LogP contribution in [0, 0.1) is 0 Å². The van der Waals surface area contributed by atoms with E-state index in [2.05, 4.69) is 27.3 Å². The molecule has 3 heteroatoms. The van der Waals surface area contributed by atoms with Gasteiger partial charge in [-0.25, -0.2) is 0 Å². The summed E-state index contributed by atoms with van der Waals surface area (Å²) in [6.07, 6.45) is 1.22. The third-order valence-corrected chi connectivity index (χ3v) is 3.40. The molecule has 0 aliphatic carbocycles. The van der Waals surface area contributed by atoms with Crippen molar-refractivity contribution in [3.63, 3.8) is 0 Å². The Hall–Kier alpha value is -0.0500. The van der Waals surface area contributed by atoms with Crippen molar-refractivity contribution < 1.29 is 0 Å². The van der Waals surface area contributed by atoms with E-state index >= 15 is 0 Å². The minimum atomic E-state index is 0.524. The van der Waals surface area contributed by atoms with E-state index in [1.807, 2.05) is 12.1 Å². The zero-order valence-corrected chi connectivity index (χ0v) is 8.82. The summed E-state index contributed by atoms with van der Waals surface area (Å²) in [6, 6.07) is 6.64. The van der Waals surface area contributed by atoms with Gasteiger partial charge in [-0.2, -0.15) is 0 Å². The van der Waals surface area contributed by atoms with Crippen molar-refractivity contribution in [3.05, 3.63) is 33.3 Å². The molecule has 0 bridgehead atoms. The maximum atomic E-state index is 5.96. The highest BCUT2D eigenvalue weighted by Crippen LogP contribution is 2.29. The maximum absolute atomic E-state index is 5.96. The molecule has 1 N–H and O–H groups in total. The largest absolute Gasteiger partial charge is 0.310 e. The standard InChI is InChI=1S/C9H9BrClN/c10-7-2-1-6(5-8(7)11)9-3-4-12-9/h1-2,5,9,12H,3-4H2/t9-/m1/s1. The summed E-state index contributed by atoms with van der Waals surface area (Å²) >= 11 is 9.33. The van der Waals surface area contributed by atoms with Crippen molar-refractivity contribution >= 4 is 27.5 Å². The van der Waals surface area contributed by atoms with Gasteiger partial charge in [0.05, 0.1) is 5.02 Å². The third-order valence-electron chi connectivity index (χ3n) is 2.17. The van der Waals surface area contributed by atoms with Crippen molar-refractivity contribution in [1.29, 1.82) is 0 Å². The lowest BCUT2D eigenvalue weighted by atomic mass is 9.98. The number of halogens is 2. The summed E-state index contributed by atoms with van der Waals surface area (Å²) in [5, 5.41) is 4.13. The average molecular weight is 247 g/mol. The summed E-state index contributed by atoms with van der Waals surface area (Å²) in [5.74, 6) is 0. The van der Waals surface area contributed by atoms with Crippen molar-refractivity contribution in [2.75, 3.05) is 6.54 Å². The molecule has 1 heterocycles. The fourth-order valence-corrected chi connectivity index (χ4v) is 1.74. The number of benzene rings is 1. The summed E-state index contributed by atoms with van der Waals surface area (Å²) in [5.41, 5.74) is 1.29. The van der Waals surface area contributed by atoms with Gasteiger partial charge in [0.1, 0.15) is 0 Å². The van der Waals surface area contributed by atoms with Crippen LogP contribution >= 0.6 is 27.5 Å². The van der Waals surface area contributed by atoms with Gasteiger partial charge >= 0.3 is 0 Å². The van der Waals surface area contributed by atoms with Gasteiger partial charge in [0.2, 0.25) is 0 Å². The first-order valence-electron chi connectivity index (χ1n) is 3.96. The van der Waals surface area contributed by atoms with Crippen LogP contribution in [0.3, 0.4) is 0 Å². The molecule has 0 saturated carbocycles. The van der Waals surface area contributed by atoms with Crippen LogP contribution in [0.25, 0.3) is 0 Å². The quantitative estimate of drug-likeness (QED) is 0.803. The Balaban J connectivity index is 2.27. The Morgan fingerprint density at radius 3 is 2.75 bits per heavy atom. The molecular formula is C9H9BrClN. The summed E-state index contributed by atoms with van der Waals surface area (Å²) in [7, 11) is 0. The Bertz CT molecular complexity index is 297. The Labute approximate surface area is 85.2 Å². The number of rotatable bonds is 1. The second kappa shape index (κ2) is 3.36. The van der Waals surface area contributed by atoms with E-state index in [0.29, 0.717) is 6.04 Å². The Kier molecular flexibility index (Phi) is 2.40. The molecule has 0 spiro atoms.